The van der Waals surface area contributed by atoms with Crippen LogP contribution in [-0.4, -0.2) is 23.4 Å². The van der Waals surface area contributed by atoms with Gasteiger partial charge in [-0.2, -0.15) is 0 Å². The number of aliphatic hydroxyl groups is 1. The van der Waals surface area contributed by atoms with E-state index in [-0.39, 0.29) is 17.6 Å². The van der Waals surface area contributed by atoms with E-state index < -0.39 is 0 Å². The van der Waals surface area contributed by atoms with Gasteiger partial charge in [0.2, 0.25) is 0 Å². The van der Waals surface area contributed by atoms with Gasteiger partial charge >= 0.3 is 0 Å². The van der Waals surface area contributed by atoms with E-state index in [9.17, 15) is 5.11 Å². The fraction of sp³-hybridized carbons (Fsp3) is 0.625. The minimum Gasteiger partial charge on any atom is -0.491 e. The molecule has 1 aromatic carbocycles. The lowest BCUT2D eigenvalue weighted by Gasteiger charge is -2.49. The van der Waals surface area contributed by atoms with E-state index in [1.165, 1.54) is 5.56 Å². The molecular weight excluding hydrogens is 238 g/mol. The summed E-state index contributed by atoms with van der Waals surface area (Å²) >= 11 is 0. The zero-order valence-corrected chi connectivity index (χ0v) is 12.3. The highest BCUT2D eigenvalue weighted by Crippen LogP contribution is 2.40. The van der Waals surface area contributed by atoms with Crippen LogP contribution in [0.4, 0.5) is 0 Å². The van der Waals surface area contributed by atoms with E-state index in [0.717, 1.165) is 18.7 Å². The van der Waals surface area contributed by atoms with Crippen LogP contribution in [0.2, 0.25) is 0 Å². The molecule has 2 N–H and O–H groups in total. The summed E-state index contributed by atoms with van der Waals surface area (Å²) in [4.78, 5) is 0. The number of aliphatic hydroxyl groups excluding tert-OH is 1. The summed E-state index contributed by atoms with van der Waals surface area (Å²) in [5, 5.41) is 13.2. The molecule has 1 fully saturated rings. The molecule has 0 aliphatic heterocycles. The normalized spacial score (nSPS) is 25.2. The van der Waals surface area contributed by atoms with E-state index >= 15 is 0 Å². The average Bonchev–Trinajstić information content (AvgIpc) is 2.35. The van der Waals surface area contributed by atoms with Gasteiger partial charge in [-0.3, -0.25) is 0 Å². The molecule has 0 heterocycles. The summed E-state index contributed by atoms with van der Waals surface area (Å²) < 4.78 is 5.62. The highest BCUT2D eigenvalue weighted by atomic mass is 16.5. The third-order valence-electron chi connectivity index (χ3n) is 4.06. The van der Waals surface area contributed by atoms with Crippen LogP contribution in [0.1, 0.15) is 39.7 Å². The van der Waals surface area contributed by atoms with Crippen molar-refractivity contribution >= 4 is 0 Å². The molecule has 2 rings (SSSR count). The third kappa shape index (κ3) is 3.28. The van der Waals surface area contributed by atoms with Crippen LogP contribution in [0, 0.1) is 5.41 Å². The molecule has 1 aromatic rings. The Bertz CT molecular complexity index is 411. The van der Waals surface area contributed by atoms with Crippen molar-refractivity contribution < 1.29 is 9.84 Å². The SMILES string of the molecule is CC(C)Oc1ccc(CNC2CC(O)C2(C)C)cc1. The second-order valence-electron chi connectivity index (χ2n) is 6.32. The number of ether oxygens (including phenoxy) is 1. The first-order chi connectivity index (χ1) is 8.89. The largest absolute Gasteiger partial charge is 0.491 e. The Hall–Kier alpha value is -1.06. The zero-order chi connectivity index (χ0) is 14.0. The number of hydrogen-bond acceptors (Lipinski definition) is 3. The minimum atomic E-state index is -0.174. The van der Waals surface area contributed by atoms with Crippen molar-refractivity contribution in [1.29, 1.82) is 0 Å². The maximum Gasteiger partial charge on any atom is 0.119 e. The van der Waals surface area contributed by atoms with E-state index in [4.69, 9.17) is 4.74 Å². The number of benzene rings is 1. The second kappa shape index (κ2) is 5.51. The van der Waals surface area contributed by atoms with Crippen LogP contribution in [0.3, 0.4) is 0 Å². The maximum atomic E-state index is 9.71. The minimum absolute atomic E-state index is 0.0132. The summed E-state index contributed by atoms with van der Waals surface area (Å²) in [6.45, 7) is 9.11. The molecule has 0 saturated heterocycles. The smallest absolute Gasteiger partial charge is 0.119 e. The monoisotopic (exact) mass is 263 g/mol. The average molecular weight is 263 g/mol. The van der Waals surface area contributed by atoms with Crippen molar-refractivity contribution in [2.24, 2.45) is 5.41 Å². The van der Waals surface area contributed by atoms with Gasteiger partial charge in [0.15, 0.2) is 0 Å². The van der Waals surface area contributed by atoms with Gasteiger partial charge in [0.05, 0.1) is 12.2 Å². The van der Waals surface area contributed by atoms with Crippen molar-refractivity contribution in [2.75, 3.05) is 0 Å². The fourth-order valence-electron chi connectivity index (χ4n) is 2.45. The summed E-state index contributed by atoms with van der Waals surface area (Å²) in [7, 11) is 0. The van der Waals surface area contributed by atoms with Crippen molar-refractivity contribution in [3.8, 4) is 5.75 Å². The maximum absolute atomic E-state index is 9.71. The first kappa shape index (κ1) is 14.4. The molecule has 3 heteroatoms. The first-order valence-corrected chi connectivity index (χ1v) is 7.06. The lowest BCUT2D eigenvalue weighted by molar-refractivity contribution is -0.0729. The molecule has 2 unspecified atom stereocenters. The van der Waals surface area contributed by atoms with Crippen LogP contribution in [0.25, 0.3) is 0 Å². The Morgan fingerprint density at radius 1 is 1.32 bits per heavy atom. The Labute approximate surface area is 116 Å². The molecule has 0 bridgehead atoms. The van der Waals surface area contributed by atoms with E-state index in [1.807, 2.05) is 26.0 Å². The molecule has 1 aliphatic rings. The van der Waals surface area contributed by atoms with Gasteiger partial charge in [-0.15, -0.1) is 0 Å². The Morgan fingerprint density at radius 3 is 2.42 bits per heavy atom. The van der Waals surface area contributed by atoms with Gasteiger partial charge in [0.1, 0.15) is 5.75 Å². The van der Waals surface area contributed by atoms with Gasteiger partial charge in [-0.05, 0) is 38.0 Å². The van der Waals surface area contributed by atoms with E-state index in [1.54, 1.807) is 0 Å². The molecule has 2 atom stereocenters. The third-order valence-corrected chi connectivity index (χ3v) is 4.06. The van der Waals surface area contributed by atoms with Crippen LogP contribution in [0.5, 0.6) is 5.75 Å². The topological polar surface area (TPSA) is 41.5 Å². The summed E-state index contributed by atoms with van der Waals surface area (Å²) in [5.74, 6) is 0.915. The Kier molecular flexibility index (Phi) is 4.16. The molecule has 0 aromatic heterocycles. The summed E-state index contributed by atoms with van der Waals surface area (Å²) in [6, 6.07) is 8.60. The van der Waals surface area contributed by atoms with Crippen molar-refractivity contribution in [3.63, 3.8) is 0 Å². The molecule has 0 amide bonds. The lowest BCUT2D eigenvalue weighted by atomic mass is 9.64. The predicted molar refractivity (Wildman–Crippen MR) is 77.2 cm³/mol. The van der Waals surface area contributed by atoms with Crippen molar-refractivity contribution in [1.82, 2.24) is 5.32 Å². The molecule has 1 saturated carbocycles. The van der Waals surface area contributed by atoms with E-state index in [2.05, 4.69) is 31.3 Å². The van der Waals surface area contributed by atoms with E-state index in [0.29, 0.717) is 6.04 Å². The molecule has 106 valence electrons. The Balaban J connectivity index is 1.84. The molecule has 0 radical (unpaired) electrons. The molecule has 0 spiro atoms. The standard InChI is InChI=1S/C16H25NO2/c1-11(2)19-13-7-5-12(6-8-13)10-17-14-9-15(18)16(14,3)4/h5-8,11,14-15,17-18H,9-10H2,1-4H3. The lowest BCUT2D eigenvalue weighted by Crippen LogP contribution is -2.59. The van der Waals surface area contributed by atoms with Crippen LogP contribution in [-0.2, 0) is 6.54 Å². The van der Waals surface area contributed by atoms with Gasteiger partial charge < -0.3 is 15.2 Å². The molecule has 1 aliphatic carbocycles. The van der Waals surface area contributed by atoms with Gasteiger partial charge in [0.25, 0.3) is 0 Å². The predicted octanol–water partition coefficient (Wildman–Crippen LogP) is 2.72. The number of nitrogens with one attached hydrogen (secondary N) is 1. The van der Waals surface area contributed by atoms with Crippen LogP contribution >= 0.6 is 0 Å². The fourth-order valence-corrected chi connectivity index (χ4v) is 2.45. The highest BCUT2D eigenvalue weighted by molar-refractivity contribution is 5.27. The number of rotatable bonds is 5. The Morgan fingerprint density at radius 2 is 1.95 bits per heavy atom. The number of hydrogen-bond donors (Lipinski definition) is 2. The van der Waals surface area contributed by atoms with Crippen molar-refractivity contribution in [3.05, 3.63) is 29.8 Å². The summed E-state index contributed by atoms with van der Waals surface area (Å²) in [6.07, 6.45) is 0.884. The van der Waals surface area contributed by atoms with Crippen LogP contribution < -0.4 is 10.1 Å². The van der Waals surface area contributed by atoms with Gasteiger partial charge in [-0.1, -0.05) is 26.0 Å². The van der Waals surface area contributed by atoms with Crippen LogP contribution in [0.15, 0.2) is 24.3 Å². The zero-order valence-electron chi connectivity index (χ0n) is 12.3. The van der Waals surface area contributed by atoms with Gasteiger partial charge in [0, 0.05) is 18.0 Å². The molecule has 19 heavy (non-hydrogen) atoms. The highest BCUT2D eigenvalue weighted by Gasteiger charge is 2.46. The molecular formula is C16H25NO2. The summed E-state index contributed by atoms with van der Waals surface area (Å²) in [5.41, 5.74) is 1.23. The first-order valence-electron chi connectivity index (χ1n) is 7.06. The second-order valence-corrected chi connectivity index (χ2v) is 6.32. The molecule has 3 nitrogen and oxygen atoms in total. The van der Waals surface area contributed by atoms with Gasteiger partial charge in [-0.25, -0.2) is 0 Å². The van der Waals surface area contributed by atoms with Crippen molar-refractivity contribution in [2.45, 2.75) is 58.9 Å². The quantitative estimate of drug-likeness (QED) is 0.858.